The number of rotatable bonds is 5. The summed E-state index contributed by atoms with van der Waals surface area (Å²) in [6.45, 7) is 7.67. The molecule has 1 atom stereocenters. The SMILES string of the molecule is CSc1cccc(CN2CCC[C@H](N3CCN(c4ccc(F)cc4)CC3)C2)c1. The molecule has 0 spiro atoms. The quantitative estimate of drug-likeness (QED) is 0.692. The van der Waals surface area contributed by atoms with Gasteiger partial charge in [0.15, 0.2) is 0 Å². The molecule has 0 N–H and O–H groups in total. The second-order valence-electron chi connectivity index (χ2n) is 7.88. The molecule has 0 saturated carbocycles. The summed E-state index contributed by atoms with van der Waals surface area (Å²) in [4.78, 5) is 9.03. The van der Waals surface area contributed by atoms with Crippen LogP contribution in [0, 0.1) is 5.82 Å². The molecule has 28 heavy (non-hydrogen) atoms. The van der Waals surface area contributed by atoms with Crippen LogP contribution in [0.1, 0.15) is 18.4 Å². The van der Waals surface area contributed by atoms with Gasteiger partial charge in [0.25, 0.3) is 0 Å². The van der Waals surface area contributed by atoms with Crippen LogP contribution in [0.4, 0.5) is 10.1 Å². The van der Waals surface area contributed by atoms with Crippen molar-refractivity contribution in [2.75, 3.05) is 50.4 Å². The lowest BCUT2D eigenvalue weighted by atomic mass is 10.0. The van der Waals surface area contributed by atoms with Gasteiger partial charge in [-0.15, -0.1) is 11.8 Å². The lowest BCUT2D eigenvalue weighted by Gasteiger charge is -2.44. The number of halogens is 1. The first-order chi connectivity index (χ1) is 13.7. The van der Waals surface area contributed by atoms with Gasteiger partial charge in [-0.1, -0.05) is 12.1 Å². The smallest absolute Gasteiger partial charge is 0.123 e. The van der Waals surface area contributed by atoms with Crippen molar-refractivity contribution in [3.63, 3.8) is 0 Å². The van der Waals surface area contributed by atoms with E-state index in [-0.39, 0.29) is 5.82 Å². The summed E-state index contributed by atoms with van der Waals surface area (Å²) in [5.74, 6) is -0.159. The van der Waals surface area contributed by atoms with E-state index < -0.39 is 0 Å². The molecule has 0 bridgehead atoms. The molecule has 0 unspecified atom stereocenters. The van der Waals surface area contributed by atoms with Crippen molar-refractivity contribution in [3.8, 4) is 0 Å². The summed E-state index contributed by atoms with van der Waals surface area (Å²) in [5.41, 5.74) is 2.56. The highest BCUT2D eigenvalue weighted by Crippen LogP contribution is 2.23. The lowest BCUT2D eigenvalue weighted by molar-refractivity contribution is 0.0887. The van der Waals surface area contributed by atoms with Gasteiger partial charge in [-0.2, -0.15) is 0 Å². The maximum Gasteiger partial charge on any atom is 0.123 e. The number of likely N-dealkylation sites (tertiary alicyclic amines) is 1. The summed E-state index contributed by atoms with van der Waals surface area (Å²) < 4.78 is 13.2. The summed E-state index contributed by atoms with van der Waals surface area (Å²) in [5, 5.41) is 0. The molecule has 2 aromatic carbocycles. The Morgan fingerprint density at radius 2 is 1.79 bits per heavy atom. The summed E-state index contributed by atoms with van der Waals surface area (Å²) in [7, 11) is 0. The van der Waals surface area contributed by atoms with Crippen LogP contribution in [0.25, 0.3) is 0 Å². The zero-order chi connectivity index (χ0) is 19.3. The van der Waals surface area contributed by atoms with E-state index in [1.807, 2.05) is 23.9 Å². The molecule has 0 aliphatic carbocycles. The first kappa shape index (κ1) is 19.7. The molecule has 5 heteroatoms. The Morgan fingerprint density at radius 1 is 1.00 bits per heavy atom. The maximum absolute atomic E-state index is 13.2. The van der Waals surface area contributed by atoms with E-state index in [0.717, 1.165) is 38.4 Å². The fraction of sp³-hybridized carbons (Fsp3) is 0.478. The van der Waals surface area contributed by atoms with Crippen LogP contribution >= 0.6 is 11.8 Å². The third kappa shape index (κ3) is 4.88. The molecular formula is C23H30FN3S. The van der Waals surface area contributed by atoms with Crippen LogP contribution in [0.3, 0.4) is 0 Å². The molecule has 2 fully saturated rings. The van der Waals surface area contributed by atoms with Crippen molar-refractivity contribution >= 4 is 17.4 Å². The summed E-state index contributed by atoms with van der Waals surface area (Å²) >= 11 is 1.82. The van der Waals surface area contributed by atoms with Crippen molar-refractivity contribution in [2.24, 2.45) is 0 Å². The van der Waals surface area contributed by atoms with Gasteiger partial charge in [-0.3, -0.25) is 9.80 Å². The number of benzene rings is 2. The molecule has 0 aromatic heterocycles. The Balaban J connectivity index is 1.30. The Morgan fingerprint density at radius 3 is 2.54 bits per heavy atom. The van der Waals surface area contributed by atoms with Crippen molar-refractivity contribution in [1.29, 1.82) is 0 Å². The van der Waals surface area contributed by atoms with Crippen LogP contribution in [-0.4, -0.2) is 61.4 Å². The van der Waals surface area contributed by atoms with E-state index in [2.05, 4.69) is 45.2 Å². The molecule has 2 aliphatic rings. The highest BCUT2D eigenvalue weighted by molar-refractivity contribution is 7.98. The molecule has 0 amide bonds. The van der Waals surface area contributed by atoms with Gasteiger partial charge >= 0.3 is 0 Å². The van der Waals surface area contributed by atoms with Gasteiger partial charge in [0, 0.05) is 55.9 Å². The van der Waals surface area contributed by atoms with Gasteiger partial charge in [-0.25, -0.2) is 4.39 Å². The fourth-order valence-electron chi connectivity index (χ4n) is 4.50. The van der Waals surface area contributed by atoms with Crippen LogP contribution in [0.5, 0.6) is 0 Å². The van der Waals surface area contributed by atoms with Crippen LogP contribution < -0.4 is 4.90 Å². The Kier molecular flexibility index (Phi) is 6.55. The van der Waals surface area contributed by atoms with Crippen LogP contribution in [0.15, 0.2) is 53.4 Å². The number of piperazine rings is 1. The molecule has 2 aromatic rings. The second kappa shape index (κ2) is 9.29. The maximum atomic E-state index is 13.2. The Bertz CT molecular complexity index is 759. The van der Waals surface area contributed by atoms with Gasteiger partial charge < -0.3 is 4.90 Å². The first-order valence-corrected chi connectivity index (χ1v) is 11.5. The third-order valence-corrected chi connectivity index (χ3v) is 6.77. The molecule has 0 radical (unpaired) electrons. The van der Waals surface area contributed by atoms with E-state index in [0.29, 0.717) is 6.04 Å². The van der Waals surface area contributed by atoms with Crippen molar-refractivity contribution in [2.45, 2.75) is 30.3 Å². The summed E-state index contributed by atoms with van der Waals surface area (Å²) in [6, 6.07) is 16.5. The minimum Gasteiger partial charge on any atom is -0.369 e. The minimum absolute atomic E-state index is 0.159. The van der Waals surface area contributed by atoms with E-state index in [9.17, 15) is 4.39 Å². The number of thioether (sulfide) groups is 1. The lowest BCUT2D eigenvalue weighted by Crippen LogP contribution is -2.55. The van der Waals surface area contributed by atoms with Crippen molar-refractivity contribution < 1.29 is 4.39 Å². The number of hydrogen-bond donors (Lipinski definition) is 0. The van der Waals surface area contributed by atoms with Gasteiger partial charge in [-0.05, 0) is 67.6 Å². The monoisotopic (exact) mass is 399 g/mol. The predicted octanol–water partition coefficient (Wildman–Crippen LogP) is 4.33. The van der Waals surface area contributed by atoms with Gasteiger partial charge in [0.05, 0.1) is 0 Å². The van der Waals surface area contributed by atoms with Crippen LogP contribution in [0.2, 0.25) is 0 Å². The molecular weight excluding hydrogens is 369 g/mol. The average molecular weight is 400 g/mol. The van der Waals surface area contributed by atoms with Crippen LogP contribution in [-0.2, 0) is 6.54 Å². The second-order valence-corrected chi connectivity index (χ2v) is 8.76. The third-order valence-electron chi connectivity index (χ3n) is 6.04. The zero-order valence-corrected chi connectivity index (χ0v) is 17.5. The number of anilines is 1. The average Bonchev–Trinajstić information content (AvgIpc) is 2.75. The Labute approximate surface area is 172 Å². The molecule has 2 aliphatic heterocycles. The normalized spacial score (nSPS) is 21.8. The number of nitrogens with zero attached hydrogens (tertiary/aromatic N) is 3. The van der Waals surface area contributed by atoms with E-state index in [1.54, 1.807) is 12.1 Å². The predicted molar refractivity (Wildman–Crippen MR) is 117 cm³/mol. The van der Waals surface area contributed by atoms with E-state index in [4.69, 9.17) is 0 Å². The largest absolute Gasteiger partial charge is 0.369 e. The van der Waals surface area contributed by atoms with Gasteiger partial charge in [0.2, 0.25) is 0 Å². The Hall–Kier alpha value is -1.56. The molecule has 150 valence electrons. The fourth-order valence-corrected chi connectivity index (χ4v) is 4.98. The molecule has 2 saturated heterocycles. The zero-order valence-electron chi connectivity index (χ0n) is 16.7. The van der Waals surface area contributed by atoms with E-state index in [1.165, 1.54) is 36.4 Å². The first-order valence-electron chi connectivity index (χ1n) is 10.3. The van der Waals surface area contributed by atoms with Gasteiger partial charge in [0.1, 0.15) is 5.82 Å². The number of piperidine rings is 1. The minimum atomic E-state index is -0.159. The summed E-state index contributed by atoms with van der Waals surface area (Å²) in [6.07, 6.45) is 4.73. The standard InChI is InChI=1S/C23H30FN3S/c1-28-23-6-2-4-19(16-23)17-25-11-3-5-22(18-25)27-14-12-26(13-15-27)21-9-7-20(24)8-10-21/h2,4,6-10,16,22H,3,5,11-15,17-18H2,1H3/t22-/m0/s1. The highest BCUT2D eigenvalue weighted by atomic mass is 32.2. The molecule has 3 nitrogen and oxygen atoms in total. The highest BCUT2D eigenvalue weighted by Gasteiger charge is 2.28. The van der Waals surface area contributed by atoms with Crippen molar-refractivity contribution in [3.05, 3.63) is 59.9 Å². The molecule has 2 heterocycles. The number of hydrogen-bond acceptors (Lipinski definition) is 4. The molecule has 4 rings (SSSR count). The van der Waals surface area contributed by atoms with E-state index >= 15 is 0 Å². The topological polar surface area (TPSA) is 9.72 Å². The van der Waals surface area contributed by atoms with Crippen molar-refractivity contribution in [1.82, 2.24) is 9.80 Å².